The molecule has 1 heterocycles. The molecule has 2 N–H and O–H groups in total. The fraction of sp³-hybridized carbons (Fsp3) is 0.857. The minimum atomic E-state index is -0.821. The third-order valence-corrected chi connectivity index (χ3v) is 3.70. The lowest BCUT2D eigenvalue weighted by molar-refractivity contribution is -0.138. The van der Waals surface area contributed by atoms with Gasteiger partial charge in [0.15, 0.2) is 0 Å². The molecule has 0 aromatic rings. The highest BCUT2D eigenvalue weighted by molar-refractivity contribution is 5.74. The average Bonchev–Trinajstić information content (AvgIpc) is 2.92. The first kappa shape index (κ1) is 16.8. The molecule has 2 atom stereocenters. The van der Waals surface area contributed by atoms with E-state index < -0.39 is 5.97 Å². The van der Waals surface area contributed by atoms with Crippen molar-refractivity contribution in [2.45, 2.75) is 45.6 Å². The molecule has 1 aliphatic heterocycles. The van der Waals surface area contributed by atoms with Gasteiger partial charge in [-0.1, -0.05) is 13.3 Å². The quantitative estimate of drug-likeness (QED) is 0.712. The van der Waals surface area contributed by atoms with E-state index in [9.17, 15) is 9.59 Å². The molecule has 6 nitrogen and oxygen atoms in total. The summed E-state index contributed by atoms with van der Waals surface area (Å²) >= 11 is 0. The number of hydrogen-bond donors (Lipinski definition) is 2. The SMILES string of the molecule is CCC(CNC(=O)N(CC)CC1CCCO1)CC(=O)O. The zero-order chi connectivity index (χ0) is 15.0. The number of nitrogens with one attached hydrogen (secondary N) is 1. The molecule has 1 aliphatic rings. The van der Waals surface area contributed by atoms with Crippen LogP contribution in [-0.2, 0) is 9.53 Å². The summed E-state index contributed by atoms with van der Waals surface area (Å²) in [5.41, 5.74) is 0. The Morgan fingerprint density at radius 1 is 1.45 bits per heavy atom. The fourth-order valence-electron chi connectivity index (χ4n) is 2.34. The Balaban J connectivity index is 2.35. The summed E-state index contributed by atoms with van der Waals surface area (Å²) in [6, 6.07) is -0.133. The maximum Gasteiger partial charge on any atom is 0.317 e. The van der Waals surface area contributed by atoms with Gasteiger partial charge in [-0.25, -0.2) is 4.79 Å². The van der Waals surface area contributed by atoms with Crippen molar-refractivity contribution < 1.29 is 19.4 Å². The highest BCUT2D eigenvalue weighted by Crippen LogP contribution is 2.13. The normalized spacial score (nSPS) is 19.6. The van der Waals surface area contributed by atoms with Gasteiger partial charge < -0.3 is 20.1 Å². The van der Waals surface area contributed by atoms with Gasteiger partial charge in [0.2, 0.25) is 0 Å². The van der Waals surface area contributed by atoms with Crippen LogP contribution in [0.15, 0.2) is 0 Å². The van der Waals surface area contributed by atoms with Crippen molar-refractivity contribution in [2.24, 2.45) is 5.92 Å². The van der Waals surface area contributed by atoms with Gasteiger partial charge in [-0.15, -0.1) is 0 Å². The number of hydrogen-bond acceptors (Lipinski definition) is 3. The van der Waals surface area contributed by atoms with Gasteiger partial charge in [0.25, 0.3) is 0 Å². The minimum Gasteiger partial charge on any atom is -0.481 e. The van der Waals surface area contributed by atoms with E-state index in [1.807, 2.05) is 13.8 Å². The summed E-state index contributed by atoms with van der Waals surface area (Å²) in [4.78, 5) is 24.5. The first-order valence-corrected chi connectivity index (χ1v) is 7.42. The number of likely N-dealkylation sites (N-methyl/N-ethyl adjacent to an activating group) is 1. The second kappa shape index (κ2) is 8.79. The van der Waals surface area contributed by atoms with Gasteiger partial charge in [0, 0.05) is 32.7 Å². The van der Waals surface area contributed by atoms with Crippen molar-refractivity contribution in [3.8, 4) is 0 Å². The highest BCUT2D eigenvalue weighted by Gasteiger charge is 2.22. The molecule has 0 spiro atoms. The lowest BCUT2D eigenvalue weighted by Gasteiger charge is -2.25. The molecular formula is C14H26N2O4. The van der Waals surface area contributed by atoms with E-state index in [4.69, 9.17) is 9.84 Å². The Labute approximate surface area is 120 Å². The molecule has 1 fully saturated rings. The zero-order valence-electron chi connectivity index (χ0n) is 12.4. The van der Waals surface area contributed by atoms with E-state index in [1.165, 1.54) is 0 Å². The number of carboxylic acids is 1. The van der Waals surface area contributed by atoms with Crippen LogP contribution in [-0.4, -0.2) is 54.4 Å². The summed E-state index contributed by atoms with van der Waals surface area (Å²) in [6.07, 6.45) is 3.03. The molecule has 0 radical (unpaired) electrons. The van der Waals surface area contributed by atoms with Crippen molar-refractivity contribution in [1.29, 1.82) is 0 Å². The largest absolute Gasteiger partial charge is 0.481 e. The van der Waals surface area contributed by atoms with Crippen LogP contribution < -0.4 is 5.32 Å². The first-order valence-electron chi connectivity index (χ1n) is 7.42. The Hall–Kier alpha value is -1.30. The molecule has 6 heteroatoms. The number of urea groups is 1. The van der Waals surface area contributed by atoms with Gasteiger partial charge in [0.05, 0.1) is 6.10 Å². The van der Waals surface area contributed by atoms with Crippen LogP contribution in [0.2, 0.25) is 0 Å². The predicted octanol–water partition coefficient (Wildman–Crippen LogP) is 1.70. The molecule has 0 aromatic heterocycles. The van der Waals surface area contributed by atoms with E-state index in [2.05, 4.69) is 5.32 Å². The highest BCUT2D eigenvalue weighted by atomic mass is 16.5. The van der Waals surface area contributed by atoms with E-state index in [0.29, 0.717) is 19.6 Å². The lowest BCUT2D eigenvalue weighted by Crippen LogP contribution is -2.45. The smallest absolute Gasteiger partial charge is 0.317 e. The van der Waals surface area contributed by atoms with Crippen LogP contribution in [0.4, 0.5) is 4.79 Å². The topological polar surface area (TPSA) is 78.9 Å². The molecule has 0 aromatic carbocycles. The summed E-state index contributed by atoms with van der Waals surface area (Å²) in [5.74, 6) is -0.837. The number of carboxylic acid groups (broad SMARTS) is 1. The van der Waals surface area contributed by atoms with Gasteiger partial charge in [-0.2, -0.15) is 0 Å². The average molecular weight is 286 g/mol. The Kier molecular flexibility index (Phi) is 7.36. The molecule has 0 aliphatic carbocycles. The number of amides is 2. The van der Waals surface area contributed by atoms with E-state index >= 15 is 0 Å². The molecule has 1 rings (SSSR count). The van der Waals surface area contributed by atoms with Crippen LogP contribution in [0, 0.1) is 5.92 Å². The minimum absolute atomic E-state index is 0.0158. The zero-order valence-corrected chi connectivity index (χ0v) is 12.4. The second-order valence-electron chi connectivity index (χ2n) is 5.23. The Bertz CT molecular complexity index is 316. The number of carbonyl (C=O) groups excluding carboxylic acids is 1. The Morgan fingerprint density at radius 2 is 2.20 bits per heavy atom. The van der Waals surface area contributed by atoms with Crippen LogP contribution >= 0.6 is 0 Å². The van der Waals surface area contributed by atoms with Gasteiger partial charge in [-0.3, -0.25) is 4.79 Å². The number of ether oxygens (including phenoxy) is 1. The molecule has 0 saturated carbocycles. The number of rotatable bonds is 8. The van der Waals surface area contributed by atoms with Crippen LogP contribution in [0.1, 0.15) is 39.5 Å². The molecular weight excluding hydrogens is 260 g/mol. The van der Waals surface area contributed by atoms with E-state index in [1.54, 1.807) is 4.90 Å². The molecule has 20 heavy (non-hydrogen) atoms. The van der Waals surface area contributed by atoms with Crippen molar-refractivity contribution in [2.75, 3.05) is 26.2 Å². The number of nitrogens with zero attached hydrogens (tertiary/aromatic N) is 1. The molecule has 116 valence electrons. The molecule has 1 saturated heterocycles. The number of carbonyl (C=O) groups is 2. The monoisotopic (exact) mass is 286 g/mol. The first-order chi connectivity index (χ1) is 9.56. The van der Waals surface area contributed by atoms with E-state index in [0.717, 1.165) is 25.9 Å². The molecule has 2 amide bonds. The predicted molar refractivity (Wildman–Crippen MR) is 75.7 cm³/mol. The standard InChI is InChI=1S/C14H26N2O4/c1-3-11(8-13(17)18)9-15-14(19)16(4-2)10-12-6-5-7-20-12/h11-12H,3-10H2,1-2H3,(H,15,19)(H,17,18). The van der Waals surface area contributed by atoms with Crippen molar-refractivity contribution in [3.05, 3.63) is 0 Å². The Morgan fingerprint density at radius 3 is 2.70 bits per heavy atom. The summed E-state index contributed by atoms with van der Waals surface area (Å²) in [7, 11) is 0. The summed E-state index contributed by atoms with van der Waals surface area (Å²) in [5, 5.41) is 11.6. The molecule has 0 bridgehead atoms. The lowest BCUT2D eigenvalue weighted by atomic mass is 10.0. The summed E-state index contributed by atoms with van der Waals surface area (Å²) < 4.78 is 5.54. The van der Waals surface area contributed by atoms with Crippen molar-refractivity contribution in [1.82, 2.24) is 10.2 Å². The van der Waals surface area contributed by atoms with Crippen LogP contribution in [0.25, 0.3) is 0 Å². The summed E-state index contributed by atoms with van der Waals surface area (Å²) in [6.45, 7) is 6.29. The maximum atomic E-state index is 12.1. The van der Waals surface area contributed by atoms with Crippen LogP contribution in [0.5, 0.6) is 0 Å². The van der Waals surface area contributed by atoms with Crippen molar-refractivity contribution >= 4 is 12.0 Å². The van der Waals surface area contributed by atoms with Crippen LogP contribution in [0.3, 0.4) is 0 Å². The second-order valence-corrected chi connectivity index (χ2v) is 5.23. The third-order valence-electron chi connectivity index (χ3n) is 3.70. The van der Waals surface area contributed by atoms with Gasteiger partial charge >= 0.3 is 12.0 Å². The van der Waals surface area contributed by atoms with Gasteiger partial charge in [0.1, 0.15) is 0 Å². The van der Waals surface area contributed by atoms with Crippen molar-refractivity contribution in [3.63, 3.8) is 0 Å². The third kappa shape index (κ3) is 5.77. The fourth-order valence-corrected chi connectivity index (χ4v) is 2.34. The maximum absolute atomic E-state index is 12.1. The number of aliphatic carboxylic acids is 1. The molecule has 2 unspecified atom stereocenters. The van der Waals surface area contributed by atoms with Gasteiger partial charge in [-0.05, 0) is 25.7 Å². The van der Waals surface area contributed by atoms with E-state index in [-0.39, 0.29) is 24.5 Å².